The van der Waals surface area contributed by atoms with Crippen molar-refractivity contribution in [2.24, 2.45) is 0 Å². The summed E-state index contributed by atoms with van der Waals surface area (Å²) >= 11 is 13.5. The lowest BCUT2D eigenvalue weighted by Crippen LogP contribution is -2.10. The Hall–Kier alpha value is -2.91. The Kier molecular flexibility index (Phi) is 5.48. The Labute approximate surface area is 183 Å². The van der Waals surface area contributed by atoms with Crippen molar-refractivity contribution in [2.45, 2.75) is 6.61 Å². The number of thiophene rings is 1. The summed E-state index contributed by atoms with van der Waals surface area (Å²) in [6, 6.07) is 12.7. The molecule has 0 unspecified atom stereocenters. The fourth-order valence-electron chi connectivity index (χ4n) is 2.95. The average molecular weight is 463 g/mol. The summed E-state index contributed by atoms with van der Waals surface area (Å²) in [5.41, 5.74) is 0.862. The van der Waals surface area contributed by atoms with E-state index in [0.717, 1.165) is 11.3 Å². The topological polar surface area (TPSA) is 106 Å². The third-order valence-electron chi connectivity index (χ3n) is 4.34. The molecule has 7 nitrogen and oxygen atoms in total. The van der Waals surface area contributed by atoms with Gasteiger partial charge in [0.1, 0.15) is 27.7 Å². The Balaban J connectivity index is 1.68. The van der Waals surface area contributed by atoms with Gasteiger partial charge in [-0.05, 0) is 30.3 Å². The summed E-state index contributed by atoms with van der Waals surface area (Å²) in [6.45, 7) is -0.245. The molecule has 2 heterocycles. The lowest BCUT2D eigenvalue weighted by molar-refractivity contribution is -0.382. The molecular weight excluding hydrogens is 451 g/mol. The number of benzene rings is 2. The van der Waals surface area contributed by atoms with Gasteiger partial charge in [-0.25, -0.2) is 0 Å². The van der Waals surface area contributed by atoms with E-state index in [1.54, 1.807) is 36.4 Å². The second-order valence-electron chi connectivity index (χ2n) is 6.23. The van der Waals surface area contributed by atoms with E-state index in [1.807, 2.05) is 0 Å². The van der Waals surface area contributed by atoms with Gasteiger partial charge in [-0.2, -0.15) is 0 Å². The molecule has 0 fully saturated rings. The molecule has 4 aromatic rings. The molecule has 0 saturated carbocycles. The van der Waals surface area contributed by atoms with Crippen molar-refractivity contribution in [1.29, 1.82) is 0 Å². The molecule has 4 rings (SSSR count). The largest absolute Gasteiger partial charge is 0.459 e. The number of halogens is 2. The van der Waals surface area contributed by atoms with E-state index in [9.17, 15) is 14.9 Å². The van der Waals surface area contributed by atoms with E-state index in [0.29, 0.717) is 37.9 Å². The van der Waals surface area contributed by atoms with Crippen LogP contribution in [0.5, 0.6) is 0 Å². The molecule has 0 radical (unpaired) electrons. The molecule has 0 bridgehead atoms. The van der Waals surface area contributed by atoms with E-state index in [4.69, 9.17) is 32.7 Å². The number of amides is 1. The van der Waals surface area contributed by atoms with Crippen molar-refractivity contribution in [3.05, 3.63) is 79.3 Å². The van der Waals surface area contributed by atoms with Crippen LogP contribution in [0.3, 0.4) is 0 Å². The first-order chi connectivity index (χ1) is 14.4. The van der Waals surface area contributed by atoms with Crippen molar-refractivity contribution >= 4 is 61.9 Å². The molecule has 0 aliphatic heterocycles. The fraction of sp³-hybridized carbons (Fsp3) is 0.0500. The summed E-state index contributed by atoms with van der Waals surface area (Å²) in [6.07, 6.45) is 0. The Morgan fingerprint density at radius 2 is 2.00 bits per heavy atom. The first kappa shape index (κ1) is 20.4. The van der Waals surface area contributed by atoms with Gasteiger partial charge in [-0.15, -0.1) is 11.3 Å². The maximum absolute atomic E-state index is 12.8. The highest BCUT2D eigenvalue weighted by Gasteiger charge is 2.23. The van der Waals surface area contributed by atoms with Crippen LogP contribution in [0.2, 0.25) is 10.0 Å². The zero-order chi connectivity index (χ0) is 21.4. The summed E-state index contributed by atoms with van der Waals surface area (Å²) in [5.74, 6) is 0.323. The van der Waals surface area contributed by atoms with Crippen LogP contribution in [0.25, 0.3) is 21.4 Å². The first-order valence-electron chi connectivity index (χ1n) is 8.55. The molecule has 0 atom stereocenters. The predicted molar refractivity (Wildman–Crippen MR) is 117 cm³/mol. The molecule has 0 aliphatic carbocycles. The number of rotatable bonds is 5. The van der Waals surface area contributed by atoms with Crippen molar-refractivity contribution in [3.63, 3.8) is 0 Å². The van der Waals surface area contributed by atoms with Gasteiger partial charge in [0.15, 0.2) is 0 Å². The maximum atomic E-state index is 12.8. The van der Waals surface area contributed by atoms with Crippen LogP contribution in [0.15, 0.2) is 52.9 Å². The van der Waals surface area contributed by atoms with E-state index in [1.165, 1.54) is 12.1 Å². The second-order valence-corrected chi connectivity index (χ2v) is 8.03. The molecule has 30 heavy (non-hydrogen) atoms. The Bertz CT molecular complexity index is 1300. The number of carbonyl (C=O) groups is 1. The number of anilines is 1. The lowest BCUT2D eigenvalue weighted by Gasteiger charge is -2.07. The minimum Gasteiger partial charge on any atom is -0.459 e. The summed E-state index contributed by atoms with van der Waals surface area (Å²) < 4.78 is 5.84. The number of nitro groups is 1. The van der Waals surface area contributed by atoms with E-state index in [2.05, 4.69) is 5.32 Å². The zero-order valence-electron chi connectivity index (χ0n) is 15.0. The van der Waals surface area contributed by atoms with Crippen molar-refractivity contribution in [3.8, 4) is 11.3 Å². The molecule has 2 aromatic heterocycles. The van der Waals surface area contributed by atoms with Crippen molar-refractivity contribution < 1.29 is 19.2 Å². The van der Waals surface area contributed by atoms with E-state index >= 15 is 0 Å². The number of nitro benzene ring substituents is 1. The molecule has 0 saturated heterocycles. The van der Waals surface area contributed by atoms with Gasteiger partial charge < -0.3 is 14.8 Å². The van der Waals surface area contributed by atoms with Crippen LogP contribution in [0.4, 0.5) is 11.4 Å². The number of carbonyl (C=O) groups excluding carboxylic acids is 1. The quantitative estimate of drug-likeness (QED) is 0.274. The highest BCUT2D eigenvalue weighted by Crippen LogP contribution is 2.40. The number of nitrogens with zero attached hydrogens (tertiary/aromatic N) is 1. The minimum atomic E-state index is -0.508. The van der Waals surface area contributed by atoms with Crippen molar-refractivity contribution in [2.75, 3.05) is 5.32 Å². The molecular formula is C20H12Cl2N2O5S. The smallest absolute Gasteiger partial charge is 0.287 e. The normalized spacial score (nSPS) is 11.0. The molecule has 2 aromatic carbocycles. The van der Waals surface area contributed by atoms with Gasteiger partial charge in [-0.3, -0.25) is 14.9 Å². The van der Waals surface area contributed by atoms with Gasteiger partial charge in [0, 0.05) is 22.7 Å². The van der Waals surface area contributed by atoms with E-state index < -0.39 is 10.8 Å². The predicted octanol–water partition coefficient (Wildman–Crippen LogP) is 6.12. The number of fused-ring (bicyclic) bond motifs is 1. The average Bonchev–Trinajstić information content (AvgIpc) is 3.34. The Morgan fingerprint density at radius 1 is 1.20 bits per heavy atom. The number of hydrogen-bond donors (Lipinski definition) is 2. The summed E-state index contributed by atoms with van der Waals surface area (Å²) in [7, 11) is 0. The van der Waals surface area contributed by atoms with Gasteiger partial charge in [0.25, 0.3) is 11.6 Å². The first-order valence-corrected chi connectivity index (χ1v) is 10.1. The maximum Gasteiger partial charge on any atom is 0.287 e. The number of nitrogens with one attached hydrogen (secondary N) is 1. The molecule has 1 amide bonds. The highest BCUT2D eigenvalue weighted by atomic mass is 35.5. The third-order valence-corrected chi connectivity index (χ3v) is 6.41. The third kappa shape index (κ3) is 3.66. The number of aliphatic hydroxyl groups is 1. The fourth-order valence-corrected chi connectivity index (χ4v) is 4.65. The number of non-ortho nitro benzene ring substituents is 1. The number of aliphatic hydroxyl groups excluding tert-OH is 1. The van der Waals surface area contributed by atoms with Crippen molar-refractivity contribution in [1.82, 2.24) is 0 Å². The van der Waals surface area contributed by atoms with Crippen LogP contribution in [0, 0.1) is 10.1 Å². The zero-order valence-corrected chi connectivity index (χ0v) is 17.3. The van der Waals surface area contributed by atoms with Gasteiger partial charge in [0.05, 0.1) is 15.0 Å². The second kappa shape index (κ2) is 8.08. The van der Waals surface area contributed by atoms with Crippen LogP contribution in [0.1, 0.15) is 15.4 Å². The Morgan fingerprint density at radius 3 is 2.70 bits per heavy atom. The van der Waals surface area contributed by atoms with Crippen LogP contribution < -0.4 is 5.32 Å². The molecule has 2 N–H and O–H groups in total. The standard InChI is InChI=1S/C20H12Cl2N2O5S/c21-14-6-4-10(8-13(14)16-7-5-11(9-25)29-16)23-20(26)19-17(22)12-2-1-3-15(24(27)28)18(12)30-19/h1-8,25H,9H2,(H,23,26). The summed E-state index contributed by atoms with van der Waals surface area (Å²) in [4.78, 5) is 23.7. The monoisotopic (exact) mass is 462 g/mol. The van der Waals surface area contributed by atoms with Gasteiger partial charge in [-0.1, -0.05) is 35.3 Å². The van der Waals surface area contributed by atoms with Gasteiger partial charge in [0.2, 0.25) is 0 Å². The van der Waals surface area contributed by atoms with Crippen LogP contribution >= 0.6 is 34.5 Å². The highest BCUT2D eigenvalue weighted by molar-refractivity contribution is 7.22. The number of hydrogen-bond acceptors (Lipinski definition) is 6. The lowest BCUT2D eigenvalue weighted by atomic mass is 10.1. The van der Waals surface area contributed by atoms with E-state index in [-0.39, 0.29) is 22.2 Å². The van der Waals surface area contributed by atoms with Gasteiger partial charge >= 0.3 is 0 Å². The SMILES string of the molecule is O=C(Nc1ccc(Cl)c(-c2ccc(CO)o2)c1)c1sc2c([N+](=O)[O-])cccc2c1Cl. The molecule has 0 spiro atoms. The molecule has 10 heteroatoms. The summed E-state index contributed by atoms with van der Waals surface area (Å²) in [5, 5.41) is 24.2. The minimum absolute atomic E-state index is 0.107. The number of furan rings is 1. The molecule has 152 valence electrons. The van der Waals surface area contributed by atoms with Crippen LogP contribution in [-0.4, -0.2) is 15.9 Å². The molecule has 0 aliphatic rings. The van der Waals surface area contributed by atoms with Crippen LogP contribution in [-0.2, 0) is 6.61 Å².